The van der Waals surface area contributed by atoms with E-state index >= 15 is 0 Å². The monoisotopic (exact) mass is 222 g/mol. The number of anilines is 1. The Hall–Kier alpha value is -1.69. The first kappa shape index (κ1) is 10.8. The van der Waals surface area contributed by atoms with Gasteiger partial charge in [-0.15, -0.1) is 0 Å². The number of aromatic amines is 1. The zero-order valence-corrected chi connectivity index (χ0v) is 8.77. The summed E-state index contributed by atoms with van der Waals surface area (Å²) < 4.78 is 0. The summed E-state index contributed by atoms with van der Waals surface area (Å²) in [6.07, 6.45) is 2.53. The molecule has 0 aromatic carbocycles. The number of carbonyl (C=O) groups excluding carboxylic acids is 1. The molecule has 1 aliphatic carbocycles. The number of nitrogens with zero attached hydrogens (tertiary/aromatic N) is 1. The van der Waals surface area contributed by atoms with Gasteiger partial charge in [-0.05, 0) is 24.8 Å². The quantitative estimate of drug-likeness (QED) is 0.658. The summed E-state index contributed by atoms with van der Waals surface area (Å²) in [6.45, 7) is 0. The average Bonchev–Trinajstić information content (AvgIpc) is 3.04. The zero-order chi connectivity index (χ0) is 11.5. The number of rotatable bonds is 4. The first-order valence-corrected chi connectivity index (χ1v) is 5.26. The Labute approximate surface area is 92.2 Å². The molecule has 6 heteroatoms. The number of nitrogens with one attached hydrogen (secondary N) is 2. The minimum atomic E-state index is -0.298. The van der Waals surface area contributed by atoms with Crippen molar-refractivity contribution < 1.29 is 4.79 Å². The highest BCUT2D eigenvalue weighted by Gasteiger charge is 2.29. The molecule has 0 saturated heterocycles. The molecule has 4 N–H and O–H groups in total. The first-order valence-electron chi connectivity index (χ1n) is 5.26. The van der Waals surface area contributed by atoms with E-state index in [4.69, 9.17) is 5.73 Å². The van der Waals surface area contributed by atoms with Gasteiger partial charge in [-0.1, -0.05) is 0 Å². The number of amides is 1. The highest BCUT2D eigenvalue weighted by Crippen LogP contribution is 2.32. The highest BCUT2D eigenvalue weighted by molar-refractivity contribution is 5.90. The predicted octanol–water partition coefficient (Wildman–Crippen LogP) is -0.164. The molecular formula is C10H14N4O2. The van der Waals surface area contributed by atoms with Gasteiger partial charge in [-0.25, -0.2) is 5.10 Å². The van der Waals surface area contributed by atoms with Crippen LogP contribution in [0.4, 0.5) is 5.82 Å². The second kappa shape index (κ2) is 4.44. The van der Waals surface area contributed by atoms with E-state index in [-0.39, 0.29) is 17.5 Å². The molecule has 2 rings (SSSR count). The standard InChI is InChI=1S/C10H14N4O2/c11-7(6-1-2-6)5-10(16)12-8-3-4-9(15)14-13-8/h3-4,6-7H,1-2,5,11H2,(H,14,15)(H,12,13,16). The van der Waals surface area contributed by atoms with E-state index in [1.807, 2.05) is 0 Å². The summed E-state index contributed by atoms with van der Waals surface area (Å²) in [5, 5.41) is 8.50. The molecule has 1 heterocycles. The van der Waals surface area contributed by atoms with Gasteiger partial charge in [0.2, 0.25) is 5.91 Å². The molecule has 1 fully saturated rings. The fourth-order valence-corrected chi connectivity index (χ4v) is 1.51. The average molecular weight is 222 g/mol. The third-order valence-corrected chi connectivity index (χ3v) is 2.60. The van der Waals surface area contributed by atoms with Gasteiger partial charge in [-0.2, -0.15) is 5.10 Å². The molecule has 0 bridgehead atoms. The molecule has 1 atom stereocenters. The van der Waals surface area contributed by atoms with Gasteiger partial charge in [0.25, 0.3) is 5.56 Å². The van der Waals surface area contributed by atoms with Crippen molar-refractivity contribution in [2.45, 2.75) is 25.3 Å². The van der Waals surface area contributed by atoms with Crippen molar-refractivity contribution in [3.8, 4) is 0 Å². The van der Waals surface area contributed by atoms with Gasteiger partial charge in [0.1, 0.15) is 0 Å². The van der Waals surface area contributed by atoms with Crippen molar-refractivity contribution >= 4 is 11.7 Å². The van der Waals surface area contributed by atoms with E-state index in [0.717, 1.165) is 12.8 Å². The summed E-state index contributed by atoms with van der Waals surface area (Å²) in [4.78, 5) is 22.2. The van der Waals surface area contributed by atoms with Crippen molar-refractivity contribution in [3.05, 3.63) is 22.5 Å². The van der Waals surface area contributed by atoms with Crippen LogP contribution in [0.25, 0.3) is 0 Å². The molecule has 0 radical (unpaired) electrons. The molecule has 0 spiro atoms. The van der Waals surface area contributed by atoms with Gasteiger partial charge in [-0.3, -0.25) is 9.59 Å². The minimum absolute atomic E-state index is 0.0669. The normalized spacial score (nSPS) is 16.8. The maximum atomic E-state index is 11.5. The Kier molecular flexibility index (Phi) is 3.00. The number of nitrogens with two attached hydrogens (primary N) is 1. The van der Waals surface area contributed by atoms with Crippen LogP contribution >= 0.6 is 0 Å². The summed E-state index contributed by atoms with van der Waals surface area (Å²) >= 11 is 0. The lowest BCUT2D eigenvalue weighted by Crippen LogP contribution is -2.29. The second-order valence-electron chi connectivity index (χ2n) is 4.06. The van der Waals surface area contributed by atoms with Gasteiger partial charge >= 0.3 is 0 Å². The molecule has 0 aliphatic heterocycles. The number of hydrogen-bond acceptors (Lipinski definition) is 4. The van der Waals surface area contributed by atoms with Crippen LogP contribution in [0.2, 0.25) is 0 Å². The molecular weight excluding hydrogens is 208 g/mol. The minimum Gasteiger partial charge on any atom is -0.327 e. The van der Waals surface area contributed by atoms with Crippen LogP contribution < -0.4 is 16.6 Å². The lowest BCUT2D eigenvalue weighted by molar-refractivity contribution is -0.116. The third kappa shape index (κ3) is 2.90. The van der Waals surface area contributed by atoms with E-state index in [0.29, 0.717) is 18.2 Å². The Morgan fingerprint density at radius 1 is 1.62 bits per heavy atom. The Morgan fingerprint density at radius 2 is 2.38 bits per heavy atom. The van der Waals surface area contributed by atoms with Gasteiger partial charge in [0.15, 0.2) is 5.82 Å². The summed E-state index contributed by atoms with van der Waals surface area (Å²) in [6, 6.07) is 2.70. The summed E-state index contributed by atoms with van der Waals surface area (Å²) in [5.74, 6) is 0.667. The molecule has 1 amide bonds. The maximum absolute atomic E-state index is 11.5. The van der Waals surface area contributed by atoms with Crippen LogP contribution in [0.3, 0.4) is 0 Å². The topological polar surface area (TPSA) is 101 Å². The smallest absolute Gasteiger partial charge is 0.264 e. The Morgan fingerprint density at radius 3 is 2.94 bits per heavy atom. The number of carbonyl (C=O) groups is 1. The fraction of sp³-hybridized carbons (Fsp3) is 0.500. The van der Waals surface area contributed by atoms with E-state index in [1.54, 1.807) is 0 Å². The van der Waals surface area contributed by atoms with Crippen LogP contribution in [0.5, 0.6) is 0 Å². The molecule has 1 saturated carbocycles. The number of aromatic nitrogens is 2. The van der Waals surface area contributed by atoms with E-state index in [9.17, 15) is 9.59 Å². The molecule has 16 heavy (non-hydrogen) atoms. The first-order chi connectivity index (χ1) is 7.65. The van der Waals surface area contributed by atoms with Crippen LogP contribution in [0.15, 0.2) is 16.9 Å². The second-order valence-corrected chi connectivity index (χ2v) is 4.06. The molecule has 1 aromatic rings. The van der Waals surface area contributed by atoms with Gasteiger partial charge in [0.05, 0.1) is 0 Å². The van der Waals surface area contributed by atoms with Crippen molar-refractivity contribution in [2.24, 2.45) is 11.7 Å². The maximum Gasteiger partial charge on any atom is 0.264 e. The van der Waals surface area contributed by atoms with Crippen LogP contribution in [-0.4, -0.2) is 22.1 Å². The summed E-state index contributed by atoms with van der Waals surface area (Å²) in [5.41, 5.74) is 5.52. The molecule has 1 aliphatic rings. The van der Waals surface area contributed by atoms with Crippen molar-refractivity contribution in [1.82, 2.24) is 10.2 Å². The van der Waals surface area contributed by atoms with E-state index < -0.39 is 0 Å². The molecule has 1 aromatic heterocycles. The zero-order valence-electron chi connectivity index (χ0n) is 8.77. The van der Waals surface area contributed by atoms with Crippen LogP contribution in [0.1, 0.15) is 19.3 Å². The lowest BCUT2D eigenvalue weighted by atomic mass is 10.1. The molecule has 86 valence electrons. The van der Waals surface area contributed by atoms with Gasteiger partial charge in [0, 0.05) is 18.5 Å². The predicted molar refractivity (Wildman–Crippen MR) is 58.8 cm³/mol. The Balaban J connectivity index is 1.86. The number of hydrogen-bond donors (Lipinski definition) is 3. The SMILES string of the molecule is NC(CC(=O)Nc1ccc(=O)[nH]n1)C1CC1. The van der Waals surface area contributed by atoms with Crippen molar-refractivity contribution in [2.75, 3.05) is 5.32 Å². The fourth-order valence-electron chi connectivity index (χ4n) is 1.51. The van der Waals surface area contributed by atoms with Crippen LogP contribution in [-0.2, 0) is 4.79 Å². The molecule has 1 unspecified atom stereocenters. The van der Waals surface area contributed by atoms with E-state index in [2.05, 4.69) is 15.5 Å². The Bertz CT molecular complexity index is 418. The highest BCUT2D eigenvalue weighted by atomic mass is 16.2. The number of H-pyrrole nitrogens is 1. The largest absolute Gasteiger partial charge is 0.327 e. The summed E-state index contributed by atoms with van der Waals surface area (Å²) in [7, 11) is 0. The molecule has 6 nitrogen and oxygen atoms in total. The third-order valence-electron chi connectivity index (χ3n) is 2.60. The van der Waals surface area contributed by atoms with Crippen LogP contribution in [0, 0.1) is 5.92 Å². The van der Waals surface area contributed by atoms with Crippen molar-refractivity contribution in [1.29, 1.82) is 0 Å². The van der Waals surface area contributed by atoms with Crippen molar-refractivity contribution in [3.63, 3.8) is 0 Å². The van der Waals surface area contributed by atoms with Gasteiger partial charge < -0.3 is 11.1 Å². The lowest BCUT2D eigenvalue weighted by Gasteiger charge is -2.09. The van der Waals surface area contributed by atoms with E-state index in [1.165, 1.54) is 12.1 Å².